The van der Waals surface area contributed by atoms with Crippen LogP contribution in [0.25, 0.3) is 32.2 Å². The van der Waals surface area contributed by atoms with E-state index in [9.17, 15) is 4.39 Å². The predicted molar refractivity (Wildman–Crippen MR) is 126 cm³/mol. The summed E-state index contributed by atoms with van der Waals surface area (Å²) in [5.74, 6) is -0.498. The number of nitrogen functional groups attached to an aromatic ring is 1. The Morgan fingerprint density at radius 2 is 1.91 bits per heavy atom. The lowest BCUT2D eigenvalue weighted by Gasteiger charge is -2.37. The van der Waals surface area contributed by atoms with Crippen LogP contribution in [0.2, 0.25) is 5.02 Å². The fourth-order valence-corrected chi connectivity index (χ4v) is 6.07. The zero-order valence-electron chi connectivity index (χ0n) is 17.5. The van der Waals surface area contributed by atoms with Crippen molar-refractivity contribution in [1.29, 1.82) is 0 Å². The number of benzene rings is 2. The Bertz CT molecular complexity index is 1410. The molecule has 2 aromatic carbocycles. The summed E-state index contributed by atoms with van der Waals surface area (Å²) in [4.78, 5) is 15.4. The summed E-state index contributed by atoms with van der Waals surface area (Å²) in [6, 6.07) is 4.98. The molecule has 3 N–H and O–H groups in total. The summed E-state index contributed by atoms with van der Waals surface area (Å²) >= 11 is 7.66. The second-order valence-corrected chi connectivity index (χ2v) is 9.69. The van der Waals surface area contributed by atoms with E-state index in [1.54, 1.807) is 6.07 Å². The zero-order valence-corrected chi connectivity index (χ0v) is 19.1. The van der Waals surface area contributed by atoms with Crippen LogP contribution < -0.4 is 20.7 Å². The Hall–Kier alpha value is -2.82. The molecule has 0 saturated carbocycles. The number of methoxy groups -OCH3 is 1. The van der Waals surface area contributed by atoms with Crippen molar-refractivity contribution in [1.82, 2.24) is 20.3 Å². The molecule has 2 atom stereocenters. The van der Waals surface area contributed by atoms with Crippen LogP contribution in [0.5, 0.6) is 6.01 Å². The molecule has 0 amide bonds. The van der Waals surface area contributed by atoms with Gasteiger partial charge in [-0.3, -0.25) is 0 Å². The second kappa shape index (κ2) is 7.61. The van der Waals surface area contributed by atoms with Crippen LogP contribution >= 0.6 is 22.9 Å². The largest absolute Gasteiger partial charge is 0.467 e. The van der Waals surface area contributed by atoms with Gasteiger partial charge in [0.15, 0.2) is 10.9 Å². The Balaban J connectivity index is 1.62. The van der Waals surface area contributed by atoms with Gasteiger partial charge in [0.25, 0.3) is 0 Å². The molecular formula is C22H19ClF2N6OS. The second-order valence-electron chi connectivity index (χ2n) is 8.25. The molecular weight excluding hydrogens is 470 g/mol. The first kappa shape index (κ1) is 20.8. The first-order chi connectivity index (χ1) is 16.0. The van der Waals surface area contributed by atoms with Gasteiger partial charge in [-0.05, 0) is 31.0 Å². The molecule has 4 heterocycles. The Morgan fingerprint density at radius 3 is 2.64 bits per heavy atom. The van der Waals surface area contributed by atoms with Crippen LogP contribution in [0.1, 0.15) is 12.8 Å². The first-order valence-corrected chi connectivity index (χ1v) is 11.7. The highest BCUT2D eigenvalue weighted by Gasteiger charge is 2.39. The molecule has 4 aromatic rings. The molecule has 2 unspecified atom stereocenters. The Kier molecular flexibility index (Phi) is 4.79. The number of nitrogens with one attached hydrogen (secondary N) is 1. The van der Waals surface area contributed by atoms with Gasteiger partial charge in [0.2, 0.25) is 0 Å². The molecule has 33 heavy (non-hydrogen) atoms. The minimum Gasteiger partial charge on any atom is -0.467 e. The number of hydrogen-bond donors (Lipinski definition) is 2. The minimum atomic E-state index is -0.638. The van der Waals surface area contributed by atoms with Crippen LogP contribution in [0.3, 0.4) is 0 Å². The molecule has 6 rings (SSSR count). The smallest absolute Gasteiger partial charge is 0.318 e. The van der Waals surface area contributed by atoms with Crippen LogP contribution in [0, 0.1) is 11.6 Å². The molecule has 2 aromatic heterocycles. The third kappa shape index (κ3) is 3.12. The van der Waals surface area contributed by atoms with E-state index >= 15 is 4.39 Å². The van der Waals surface area contributed by atoms with Gasteiger partial charge >= 0.3 is 6.01 Å². The van der Waals surface area contributed by atoms with Gasteiger partial charge in [0.1, 0.15) is 17.2 Å². The fraction of sp³-hybridized carbons (Fsp3) is 0.318. The monoisotopic (exact) mass is 488 g/mol. The quantitative estimate of drug-likeness (QED) is 0.442. The number of halogens is 3. The van der Waals surface area contributed by atoms with Crippen LogP contribution in [-0.2, 0) is 0 Å². The molecule has 11 heteroatoms. The van der Waals surface area contributed by atoms with Crippen molar-refractivity contribution < 1.29 is 13.5 Å². The van der Waals surface area contributed by atoms with Crippen molar-refractivity contribution in [2.24, 2.45) is 0 Å². The van der Waals surface area contributed by atoms with Crippen molar-refractivity contribution in [2.75, 3.05) is 30.8 Å². The lowest BCUT2D eigenvalue weighted by molar-refractivity contribution is 0.379. The number of nitrogens with two attached hydrogens (primary N) is 1. The van der Waals surface area contributed by atoms with Gasteiger partial charge in [-0.2, -0.15) is 9.97 Å². The molecule has 0 spiro atoms. The highest BCUT2D eigenvalue weighted by atomic mass is 35.5. The van der Waals surface area contributed by atoms with E-state index in [-0.39, 0.29) is 49.5 Å². The molecule has 2 aliphatic heterocycles. The van der Waals surface area contributed by atoms with Crippen molar-refractivity contribution in [3.8, 4) is 17.1 Å². The van der Waals surface area contributed by atoms with E-state index < -0.39 is 11.6 Å². The number of piperazine rings is 1. The lowest BCUT2D eigenvalue weighted by atomic mass is 10.0. The Labute approximate surface area is 196 Å². The summed E-state index contributed by atoms with van der Waals surface area (Å²) < 4.78 is 36.0. The SMILES string of the molecule is COc1nc(N2C3CCC2CNC3)c2cc(Cl)c(-c3ccc(F)c4sc(N)nc34)c(F)c2n1. The lowest BCUT2D eigenvalue weighted by Crippen LogP contribution is -2.52. The zero-order chi connectivity index (χ0) is 22.9. The third-order valence-electron chi connectivity index (χ3n) is 6.43. The van der Waals surface area contributed by atoms with Gasteiger partial charge in [-0.25, -0.2) is 13.8 Å². The highest BCUT2D eigenvalue weighted by molar-refractivity contribution is 7.22. The molecule has 2 fully saturated rings. The number of fused-ring (bicyclic) bond motifs is 4. The molecule has 7 nitrogen and oxygen atoms in total. The van der Waals surface area contributed by atoms with E-state index in [2.05, 4.69) is 25.2 Å². The van der Waals surface area contributed by atoms with Gasteiger partial charge in [-0.1, -0.05) is 22.9 Å². The molecule has 170 valence electrons. The molecule has 0 radical (unpaired) electrons. The van der Waals surface area contributed by atoms with Gasteiger partial charge in [0.05, 0.1) is 22.3 Å². The van der Waals surface area contributed by atoms with E-state index in [0.717, 1.165) is 37.3 Å². The van der Waals surface area contributed by atoms with E-state index in [1.807, 2.05) is 0 Å². The van der Waals surface area contributed by atoms with Crippen molar-refractivity contribution >= 4 is 55.0 Å². The van der Waals surface area contributed by atoms with Gasteiger partial charge in [0, 0.05) is 41.7 Å². The maximum absolute atomic E-state index is 16.1. The van der Waals surface area contributed by atoms with Crippen molar-refractivity contribution in [3.05, 3.63) is 34.9 Å². The standard InChI is InChI=1S/C22H19ClF2N6OS/c1-32-22-29-17-12(20(30-22)31-9-2-3-10(31)8-27-7-9)6-13(23)15(16(17)25)11-4-5-14(24)19-18(11)28-21(26)33-19/h4-6,9-10,27H,2-3,7-8H2,1H3,(H2,26,28). The summed E-state index contributed by atoms with van der Waals surface area (Å²) in [6.45, 7) is 1.66. The van der Waals surface area contributed by atoms with Crippen molar-refractivity contribution in [2.45, 2.75) is 24.9 Å². The van der Waals surface area contributed by atoms with E-state index in [1.165, 1.54) is 19.2 Å². The van der Waals surface area contributed by atoms with E-state index in [4.69, 9.17) is 22.1 Å². The first-order valence-electron chi connectivity index (χ1n) is 10.5. The number of nitrogens with zero attached hydrogens (tertiary/aromatic N) is 4. The molecule has 2 saturated heterocycles. The number of thiazole rings is 1. The topological polar surface area (TPSA) is 89.2 Å². The van der Waals surface area contributed by atoms with Crippen LogP contribution in [-0.4, -0.2) is 47.2 Å². The summed E-state index contributed by atoms with van der Waals surface area (Å²) in [6.07, 6.45) is 2.05. The number of aromatic nitrogens is 3. The summed E-state index contributed by atoms with van der Waals surface area (Å²) in [7, 11) is 1.45. The fourth-order valence-electron chi connectivity index (χ4n) is 5.01. The highest BCUT2D eigenvalue weighted by Crippen LogP contribution is 2.44. The van der Waals surface area contributed by atoms with Crippen LogP contribution in [0.4, 0.5) is 19.7 Å². The number of anilines is 2. The number of hydrogen-bond acceptors (Lipinski definition) is 8. The maximum atomic E-state index is 16.1. The van der Waals surface area contributed by atoms with E-state index in [0.29, 0.717) is 16.8 Å². The van der Waals surface area contributed by atoms with Crippen LogP contribution in [0.15, 0.2) is 18.2 Å². The van der Waals surface area contributed by atoms with Gasteiger partial charge < -0.3 is 20.7 Å². The van der Waals surface area contributed by atoms with Crippen molar-refractivity contribution in [3.63, 3.8) is 0 Å². The molecule has 2 aliphatic rings. The average molecular weight is 489 g/mol. The maximum Gasteiger partial charge on any atom is 0.318 e. The number of rotatable bonds is 3. The minimum absolute atomic E-state index is 0.0739. The summed E-state index contributed by atoms with van der Waals surface area (Å²) in [5, 5.41) is 4.30. The number of ether oxygens (including phenoxy) is 1. The normalized spacial score (nSPS) is 20.2. The predicted octanol–water partition coefficient (Wildman–Crippen LogP) is 4.37. The molecule has 2 bridgehead atoms. The average Bonchev–Trinajstić information content (AvgIpc) is 3.31. The van der Waals surface area contributed by atoms with Gasteiger partial charge in [-0.15, -0.1) is 0 Å². The third-order valence-corrected chi connectivity index (χ3v) is 7.62. The summed E-state index contributed by atoms with van der Waals surface area (Å²) in [5.41, 5.74) is 6.61. The Morgan fingerprint density at radius 1 is 1.15 bits per heavy atom. The molecule has 0 aliphatic carbocycles.